The fourth-order valence-electron chi connectivity index (χ4n) is 10.9. The van der Waals surface area contributed by atoms with Gasteiger partial charge in [0.05, 0.1) is 18.6 Å². The first-order valence-corrected chi connectivity index (χ1v) is 15.4. The molecule has 4 fully saturated rings. The van der Waals surface area contributed by atoms with E-state index in [4.69, 9.17) is 4.74 Å². The van der Waals surface area contributed by atoms with Gasteiger partial charge < -0.3 is 9.84 Å². The van der Waals surface area contributed by atoms with Crippen LogP contribution in [0.5, 0.6) is 0 Å². The topological polar surface area (TPSA) is 46.5 Å². The van der Waals surface area contributed by atoms with Crippen molar-refractivity contribution in [1.82, 2.24) is 0 Å². The van der Waals surface area contributed by atoms with Crippen molar-refractivity contribution < 1.29 is 14.6 Å². The number of alkyl halides is 1. The molecule has 0 unspecified atom stereocenters. The zero-order chi connectivity index (χ0) is 25.8. The van der Waals surface area contributed by atoms with Crippen LogP contribution in [-0.4, -0.2) is 28.2 Å². The molecule has 5 rings (SSSR count). The van der Waals surface area contributed by atoms with Gasteiger partial charge in [0.15, 0.2) is 0 Å². The number of fused-ring (bicyclic) bond motifs is 7. The van der Waals surface area contributed by atoms with Crippen LogP contribution in [0.4, 0.5) is 0 Å². The number of aliphatic hydroxyl groups is 1. The molecule has 0 aromatic carbocycles. The van der Waals surface area contributed by atoms with Crippen LogP contribution in [0, 0.1) is 50.2 Å². The average molecular weight is 597 g/mol. The molecule has 0 aromatic heterocycles. The minimum absolute atomic E-state index is 0.0414. The summed E-state index contributed by atoms with van der Waals surface area (Å²) in [5, 5.41) is 11.2. The molecule has 0 aliphatic heterocycles. The molecule has 0 saturated heterocycles. The van der Waals surface area contributed by atoms with E-state index in [9.17, 15) is 9.90 Å². The molecular formula is C31H49IO3. The lowest BCUT2D eigenvalue weighted by atomic mass is 9.33. The van der Waals surface area contributed by atoms with Gasteiger partial charge in [0.2, 0.25) is 0 Å². The Morgan fingerprint density at radius 2 is 1.63 bits per heavy atom. The Balaban J connectivity index is 1.61. The van der Waals surface area contributed by atoms with E-state index < -0.39 is 0 Å². The maximum atomic E-state index is 13.4. The van der Waals surface area contributed by atoms with Gasteiger partial charge >= 0.3 is 5.97 Å². The molecule has 0 heterocycles. The van der Waals surface area contributed by atoms with E-state index in [-0.39, 0.29) is 44.6 Å². The monoisotopic (exact) mass is 596 g/mol. The normalized spacial score (nSPS) is 52.2. The number of hydrogen-bond donors (Lipinski definition) is 1. The van der Waals surface area contributed by atoms with Crippen LogP contribution >= 0.6 is 22.6 Å². The molecule has 3 nitrogen and oxygen atoms in total. The van der Waals surface area contributed by atoms with Gasteiger partial charge in [-0.2, -0.15) is 0 Å². The first kappa shape index (κ1) is 26.5. The first-order chi connectivity index (χ1) is 16.1. The van der Waals surface area contributed by atoms with Crippen LogP contribution in [0.3, 0.4) is 0 Å². The summed E-state index contributed by atoms with van der Waals surface area (Å²) in [6, 6.07) is 0. The molecule has 198 valence electrons. The third-order valence-corrected chi connectivity index (χ3v) is 14.3. The molecule has 5 aliphatic carbocycles. The zero-order valence-corrected chi connectivity index (χ0v) is 25.6. The van der Waals surface area contributed by atoms with Gasteiger partial charge in [-0.1, -0.05) is 82.7 Å². The Labute approximate surface area is 227 Å². The molecule has 9 atom stereocenters. The molecule has 0 spiro atoms. The van der Waals surface area contributed by atoms with E-state index >= 15 is 0 Å². The number of esters is 1. The van der Waals surface area contributed by atoms with Crippen LogP contribution in [0.15, 0.2) is 11.6 Å². The van der Waals surface area contributed by atoms with Crippen LogP contribution < -0.4 is 0 Å². The fourth-order valence-corrected chi connectivity index (χ4v) is 12.8. The van der Waals surface area contributed by atoms with E-state index in [1.807, 2.05) is 0 Å². The first-order valence-electron chi connectivity index (χ1n) is 14.2. The standard InChI is InChI=1S/C31H49IO3/c1-26(2)13-15-31(25(34)35-8)16-14-29(6)19(20(31)17-26)9-10-23-28(5)18-21(32)24(33)27(3,4)22(28)11-12-30(23,29)7/h9,20-24,33H,10-18H2,1-8H3/t20-,21-,22-,23+,24+,28-,29+,30+,31-/m0/s1. The van der Waals surface area contributed by atoms with Crippen molar-refractivity contribution >= 4 is 28.6 Å². The number of methoxy groups -OCH3 is 1. The van der Waals surface area contributed by atoms with Gasteiger partial charge in [-0.3, -0.25) is 4.79 Å². The van der Waals surface area contributed by atoms with Crippen molar-refractivity contribution in [2.75, 3.05) is 7.11 Å². The quantitative estimate of drug-likeness (QED) is 0.146. The van der Waals surface area contributed by atoms with Crippen molar-refractivity contribution in [2.45, 2.75) is 116 Å². The summed E-state index contributed by atoms with van der Waals surface area (Å²) < 4.78 is 5.81. The smallest absolute Gasteiger partial charge is 0.312 e. The molecule has 5 aliphatic rings. The van der Waals surface area contributed by atoms with E-state index in [0.29, 0.717) is 21.7 Å². The van der Waals surface area contributed by atoms with E-state index in [2.05, 4.69) is 77.1 Å². The summed E-state index contributed by atoms with van der Waals surface area (Å²) >= 11 is 2.54. The molecule has 35 heavy (non-hydrogen) atoms. The molecule has 4 heteroatoms. The Morgan fingerprint density at radius 3 is 2.29 bits per heavy atom. The highest BCUT2D eigenvalue weighted by Crippen LogP contribution is 2.76. The minimum atomic E-state index is -0.329. The van der Waals surface area contributed by atoms with Gasteiger partial charge in [-0.05, 0) is 103 Å². The van der Waals surface area contributed by atoms with Crippen LogP contribution in [-0.2, 0) is 9.53 Å². The minimum Gasteiger partial charge on any atom is -0.469 e. The Kier molecular flexibility index (Phi) is 6.03. The third kappa shape index (κ3) is 3.32. The molecule has 0 aromatic rings. The highest BCUT2D eigenvalue weighted by Gasteiger charge is 2.70. The summed E-state index contributed by atoms with van der Waals surface area (Å²) in [6.45, 7) is 17.2. The Morgan fingerprint density at radius 1 is 0.971 bits per heavy atom. The van der Waals surface area contributed by atoms with Crippen LogP contribution in [0.1, 0.15) is 106 Å². The van der Waals surface area contributed by atoms with Gasteiger partial charge in [0, 0.05) is 3.92 Å². The number of halogens is 1. The van der Waals surface area contributed by atoms with Gasteiger partial charge in [-0.15, -0.1) is 0 Å². The van der Waals surface area contributed by atoms with Gasteiger partial charge in [0.1, 0.15) is 0 Å². The number of aliphatic hydroxyl groups excluding tert-OH is 1. The van der Waals surface area contributed by atoms with Crippen molar-refractivity contribution in [2.24, 2.45) is 50.2 Å². The van der Waals surface area contributed by atoms with Crippen molar-refractivity contribution in [1.29, 1.82) is 0 Å². The SMILES string of the molecule is COC(=O)[C@]12CCC(C)(C)C[C@H]1C1=CC[C@@H]3[C@@]4(C)C[C@H](I)[C@@H](O)C(C)(C)[C@@H]4CC[C@@]3(C)[C@]1(C)CC2. The number of carbonyl (C=O) groups excluding carboxylic acids is 1. The molecule has 0 amide bonds. The zero-order valence-electron chi connectivity index (χ0n) is 23.5. The molecule has 1 N–H and O–H groups in total. The predicted molar refractivity (Wildman–Crippen MR) is 150 cm³/mol. The molecule has 0 bridgehead atoms. The number of ether oxygens (including phenoxy) is 1. The maximum absolute atomic E-state index is 13.4. The Hall–Kier alpha value is -0.100. The predicted octanol–water partition coefficient (Wildman–Crippen LogP) is 7.74. The second-order valence-electron chi connectivity index (χ2n) is 15.3. The lowest BCUT2D eigenvalue weighted by molar-refractivity contribution is -0.203. The van der Waals surface area contributed by atoms with E-state index in [1.54, 1.807) is 12.7 Å². The molecule has 0 radical (unpaired) electrons. The lowest BCUT2D eigenvalue weighted by Gasteiger charge is -2.71. The second-order valence-corrected chi connectivity index (χ2v) is 16.9. The third-order valence-electron chi connectivity index (χ3n) is 13.1. The summed E-state index contributed by atoms with van der Waals surface area (Å²) in [5.74, 6) is 1.52. The maximum Gasteiger partial charge on any atom is 0.312 e. The highest BCUT2D eigenvalue weighted by atomic mass is 127. The van der Waals surface area contributed by atoms with E-state index in [1.165, 1.54) is 12.8 Å². The summed E-state index contributed by atoms with van der Waals surface area (Å²) in [7, 11) is 1.59. The van der Waals surface area contributed by atoms with Crippen LogP contribution in [0.25, 0.3) is 0 Å². The number of hydrogen-bond acceptors (Lipinski definition) is 3. The summed E-state index contributed by atoms with van der Waals surface area (Å²) in [6.07, 6.45) is 12.3. The number of rotatable bonds is 1. The van der Waals surface area contributed by atoms with Crippen molar-refractivity contribution in [3.63, 3.8) is 0 Å². The van der Waals surface area contributed by atoms with Gasteiger partial charge in [-0.25, -0.2) is 0 Å². The number of carbonyl (C=O) groups is 1. The van der Waals surface area contributed by atoms with Crippen molar-refractivity contribution in [3.8, 4) is 0 Å². The average Bonchev–Trinajstić information content (AvgIpc) is 2.77. The fraction of sp³-hybridized carbons (Fsp3) is 0.903. The summed E-state index contributed by atoms with van der Waals surface area (Å²) in [4.78, 5) is 13.4. The second kappa shape index (κ2) is 7.96. The molecular weight excluding hydrogens is 547 g/mol. The lowest BCUT2D eigenvalue weighted by Crippen LogP contribution is -2.66. The van der Waals surface area contributed by atoms with Crippen LogP contribution in [0.2, 0.25) is 0 Å². The summed E-state index contributed by atoms with van der Waals surface area (Å²) in [5.41, 5.74) is 2.07. The Bertz CT molecular complexity index is 938. The van der Waals surface area contributed by atoms with Crippen molar-refractivity contribution in [3.05, 3.63) is 11.6 Å². The van der Waals surface area contributed by atoms with Gasteiger partial charge in [0.25, 0.3) is 0 Å². The van der Waals surface area contributed by atoms with E-state index in [0.717, 1.165) is 44.9 Å². The molecule has 4 saturated carbocycles. The highest BCUT2D eigenvalue weighted by molar-refractivity contribution is 14.1. The largest absolute Gasteiger partial charge is 0.469 e. The number of allylic oxidation sites excluding steroid dienone is 2.